The van der Waals surface area contributed by atoms with Crippen molar-refractivity contribution in [2.24, 2.45) is 5.92 Å². The maximum atomic E-state index is 13.0. The van der Waals surface area contributed by atoms with Crippen molar-refractivity contribution in [1.29, 1.82) is 0 Å². The topological polar surface area (TPSA) is 69.6 Å². The van der Waals surface area contributed by atoms with Crippen molar-refractivity contribution in [3.05, 3.63) is 63.1 Å². The van der Waals surface area contributed by atoms with Gasteiger partial charge in [0.25, 0.3) is 5.91 Å². The summed E-state index contributed by atoms with van der Waals surface area (Å²) in [6, 6.07) is 9.66. The molecule has 2 N–H and O–H groups in total. The highest BCUT2D eigenvalue weighted by atomic mass is 35.5. The second-order valence-electron chi connectivity index (χ2n) is 7.43. The van der Waals surface area contributed by atoms with Crippen LogP contribution in [0.4, 0.5) is 5.69 Å². The quantitative estimate of drug-likeness (QED) is 0.785. The SMILES string of the molecule is CN(C(=O)c1ccc(NC(=O)C2CC2)cc1)C1c2cc(Cl)cc(Cl)c2CC1O. The van der Waals surface area contributed by atoms with Gasteiger partial charge in [0.1, 0.15) is 0 Å². The van der Waals surface area contributed by atoms with Crippen molar-refractivity contribution in [2.45, 2.75) is 31.4 Å². The molecule has 0 bridgehead atoms. The summed E-state index contributed by atoms with van der Waals surface area (Å²) in [5.74, 6) is -0.0845. The van der Waals surface area contributed by atoms with E-state index in [9.17, 15) is 14.7 Å². The number of carbonyl (C=O) groups excluding carboxylic acids is 2. The maximum Gasteiger partial charge on any atom is 0.254 e. The molecule has 0 radical (unpaired) electrons. The summed E-state index contributed by atoms with van der Waals surface area (Å²) in [5, 5.41) is 14.4. The Morgan fingerprint density at radius 1 is 1.14 bits per heavy atom. The minimum absolute atomic E-state index is 0.0237. The fourth-order valence-electron chi connectivity index (χ4n) is 3.71. The third-order valence-corrected chi connectivity index (χ3v) is 5.93. The summed E-state index contributed by atoms with van der Waals surface area (Å²) in [5.41, 5.74) is 2.73. The molecule has 0 saturated heterocycles. The van der Waals surface area contributed by atoms with E-state index in [1.807, 2.05) is 0 Å². The first kappa shape index (κ1) is 19.2. The molecule has 2 aromatic rings. The fraction of sp³-hybridized carbons (Fsp3) is 0.333. The molecule has 1 fully saturated rings. The number of fused-ring (bicyclic) bond motifs is 1. The van der Waals surface area contributed by atoms with Crippen LogP contribution in [0, 0.1) is 5.92 Å². The number of likely N-dealkylation sites (N-methyl/N-ethyl adjacent to an activating group) is 1. The molecule has 1 saturated carbocycles. The molecule has 146 valence electrons. The lowest BCUT2D eigenvalue weighted by molar-refractivity contribution is -0.117. The highest BCUT2D eigenvalue weighted by Gasteiger charge is 2.38. The summed E-state index contributed by atoms with van der Waals surface area (Å²) < 4.78 is 0. The minimum atomic E-state index is -0.753. The van der Waals surface area contributed by atoms with Crippen LogP contribution in [0.25, 0.3) is 0 Å². The van der Waals surface area contributed by atoms with Gasteiger partial charge in [0.15, 0.2) is 0 Å². The van der Waals surface area contributed by atoms with Gasteiger partial charge in [0.2, 0.25) is 5.91 Å². The van der Waals surface area contributed by atoms with E-state index in [2.05, 4.69) is 5.32 Å². The van der Waals surface area contributed by atoms with Gasteiger partial charge >= 0.3 is 0 Å². The van der Waals surface area contributed by atoms with Gasteiger partial charge in [-0.05, 0) is 60.4 Å². The number of aliphatic hydroxyl groups is 1. The molecule has 7 heteroatoms. The van der Waals surface area contributed by atoms with E-state index in [1.54, 1.807) is 43.4 Å². The zero-order valence-electron chi connectivity index (χ0n) is 15.3. The van der Waals surface area contributed by atoms with Crippen LogP contribution in [0.3, 0.4) is 0 Å². The molecule has 0 heterocycles. The summed E-state index contributed by atoms with van der Waals surface area (Å²) >= 11 is 12.4. The van der Waals surface area contributed by atoms with Gasteiger partial charge in [-0.2, -0.15) is 0 Å². The first-order valence-electron chi connectivity index (χ1n) is 9.19. The summed E-state index contributed by atoms with van der Waals surface area (Å²) in [6.45, 7) is 0. The standard InChI is InChI=1S/C21H20Cl2N2O3/c1-25(19-16-8-13(22)9-17(23)15(16)10-18(19)26)21(28)12-4-6-14(7-5-12)24-20(27)11-2-3-11/h4-9,11,18-19,26H,2-3,10H2,1H3,(H,24,27). The second-order valence-corrected chi connectivity index (χ2v) is 8.27. The number of aliphatic hydroxyl groups excluding tert-OH is 1. The normalized spacial score (nSPS) is 20.6. The van der Waals surface area contributed by atoms with E-state index < -0.39 is 12.1 Å². The molecule has 2 aliphatic carbocycles. The van der Waals surface area contributed by atoms with Crippen LogP contribution >= 0.6 is 23.2 Å². The number of hydrogen-bond acceptors (Lipinski definition) is 3. The molecule has 2 amide bonds. The predicted molar refractivity (Wildman–Crippen MR) is 109 cm³/mol. The van der Waals surface area contributed by atoms with Crippen LogP contribution < -0.4 is 5.32 Å². The van der Waals surface area contributed by atoms with Crippen LogP contribution in [0.1, 0.15) is 40.4 Å². The highest BCUT2D eigenvalue weighted by molar-refractivity contribution is 6.35. The highest BCUT2D eigenvalue weighted by Crippen LogP contribution is 2.41. The molecule has 4 rings (SSSR count). The lowest BCUT2D eigenvalue weighted by Gasteiger charge is -2.28. The average molecular weight is 419 g/mol. The molecule has 0 aromatic heterocycles. The van der Waals surface area contributed by atoms with Gasteiger partial charge in [0.05, 0.1) is 12.1 Å². The lowest BCUT2D eigenvalue weighted by atomic mass is 10.0. The van der Waals surface area contributed by atoms with Gasteiger partial charge in [-0.15, -0.1) is 0 Å². The molecular formula is C21H20Cl2N2O3. The number of nitrogens with one attached hydrogen (secondary N) is 1. The zero-order valence-corrected chi connectivity index (χ0v) is 16.8. The maximum absolute atomic E-state index is 13.0. The Bertz CT molecular complexity index is 941. The van der Waals surface area contributed by atoms with E-state index >= 15 is 0 Å². The zero-order chi connectivity index (χ0) is 20.0. The van der Waals surface area contributed by atoms with E-state index in [4.69, 9.17) is 23.2 Å². The number of anilines is 1. The molecule has 2 atom stereocenters. The Hall–Kier alpha value is -2.08. The Kier molecular flexibility index (Phi) is 5.08. The number of halogens is 2. The second kappa shape index (κ2) is 7.39. The largest absolute Gasteiger partial charge is 0.390 e. The van der Waals surface area contributed by atoms with Crippen LogP contribution in [0.2, 0.25) is 10.0 Å². The van der Waals surface area contributed by atoms with Crippen molar-refractivity contribution in [2.75, 3.05) is 12.4 Å². The smallest absolute Gasteiger partial charge is 0.254 e. The van der Waals surface area contributed by atoms with Gasteiger partial charge in [-0.1, -0.05) is 23.2 Å². The molecule has 28 heavy (non-hydrogen) atoms. The first-order chi connectivity index (χ1) is 13.3. The molecule has 0 spiro atoms. The number of hydrogen-bond donors (Lipinski definition) is 2. The number of nitrogens with zero attached hydrogens (tertiary/aromatic N) is 1. The van der Waals surface area contributed by atoms with Crippen LogP contribution in [-0.2, 0) is 11.2 Å². The monoisotopic (exact) mass is 418 g/mol. The molecule has 2 unspecified atom stereocenters. The van der Waals surface area contributed by atoms with Crippen LogP contribution in [-0.4, -0.2) is 35.0 Å². The molecular weight excluding hydrogens is 399 g/mol. The first-order valence-corrected chi connectivity index (χ1v) is 9.94. The van der Waals surface area contributed by atoms with Crippen molar-refractivity contribution in [3.8, 4) is 0 Å². The molecule has 0 aliphatic heterocycles. The van der Waals surface area contributed by atoms with Gasteiger partial charge in [-0.25, -0.2) is 0 Å². The van der Waals surface area contributed by atoms with Crippen molar-refractivity contribution < 1.29 is 14.7 Å². The lowest BCUT2D eigenvalue weighted by Crippen LogP contribution is -2.36. The van der Waals surface area contributed by atoms with Gasteiger partial charge < -0.3 is 15.3 Å². The number of rotatable bonds is 4. The van der Waals surface area contributed by atoms with Gasteiger partial charge in [-0.3, -0.25) is 9.59 Å². The van der Waals surface area contributed by atoms with Crippen molar-refractivity contribution >= 4 is 40.7 Å². The molecule has 2 aliphatic rings. The van der Waals surface area contributed by atoms with Gasteiger partial charge in [0, 0.05) is 40.7 Å². The Morgan fingerprint density at radius 2 is 1.82 bits per heavy atom. The van der Waals surface area contributed by atoms with E-state index in [-0.39, 0.29) is 17.7 Å². The number of amides is 2. The third-order valence-electron chi connectivity index (χ3n) is 5.38. The predicted octanol–water partition coefficient (Wildman–Crippen LogP) is 4.07. The van der Waals surface area contributed by atoms with Crippen molar-refractivity contribution in [1.82, 2.24) is 4.90 Å². The number of carbonyl (C=O) groups is 2. The summed E-state index contributed by atoms with van der Waals surface area (Å²) in [4.78, 5) is 26.3. The summed E-state index contributed by atoms with van der Waals surface area (Å²) in [6.07, 6.45) is 1.50. The Labute approximate surface area is 173 Å². The third kappa shape index (κ3) is 3.62. The Balaban J connectivity index is 1.53. The molecule has 2 aromatic carbocycles. The fourth-order valence-corrected chi connectivity index (χ4v) is 4.30. The summed E-state index contributed by atoms with van der Waals surface area (Å²) in [7, 11) is 1.66. The van der Waals surface area contributed by atoms with E-state index in [0.29, 0.717) is 27.7 Å². The average Bonchev–Trinajstić information content (AvgIpc) is 3.45. The Morgan fingerprint density at radius 3 is 2.46 bits per heavy atom. The van der Waals surface area contributed by atoms with Crippen LogP contribution in [0.5, 0.6) is 0 Å². The van der Waals surface area contributed by atoms with Crippen LogP contribution in [0.15, 0.2) is 36.4 Å². The molecule has 5 nitrogen and oxygen atoms in total. The van der Waals surface area contributed by atoms with Crippen molar-refractivity contribution in [3.63, 3.8) is 0 Å². The van der Waals surface area contributed by atoms with E-state index in [0.717, 1.165) is 24.0 Å². The number of benzene rings is 2. The minimum Gasteiger partial charge on any atom is -0.390 e. The van der Waals surface area contributed by atoms with E-state index in [1.165, 1.54) is 4.90 Å².